The van der Waals surface area contributed by atoms with Gasteiger partial charge in [-0.3, -0.25) is 0 Å². The van der Waals surface area contributed by atoms with Crippen molar-refractivity contribution in [1.29, 1.82) is 0 Å². The SMILES string of the molecule is Cc1ccc(C2CCCC(O)C2)cc1C. The van der Waals surface area contributed by atoms with E-state index in [4.69, 9.17) is 0 Å². The molecule has 2 atom stereocenters. The van der Waals surface area contributed by atoms with Gasteiger partial charge in [-0.05, 0) is 55.7 Å². The summed E-state index contributed by atoms with van der Waals surface area (Å²) < 4.78 is 0. The number of aliphatic hydroxyl groups is 1. The fourth-order valence-corrected chi connectivity index (χ4v) is 2.49. The third-order valence-corrected chi connectivity index (χ3v) is 3.65. The summed E-state index contributed by atoms with van der Waals surface area (Å²) in [6.07, 6.45) is 4.26. The van der Waals surface area contributed by atoms with E-state index in [1.165, 1.54) is 29.5 Å². The van der Waals surface area contributed by atoms with E-state index >= 15 is 0 Å². The first-order valence-corrected chi connectivity index (χ1v) is 5.92. The van der Waals surface area contributed by atoms with Gasteiger partial charge in [0.15, 0.2) is 0 Å². The van der Waals surface area contributed by atoms with Crippen LogP contribution in [0.4, 0.5) is 0 Å². The van der Waals surface area contributed by atoms with E-state index in [0.717, 1.165) is 12.8 Å². The Kier molecular flexibility index (Phi) is 3.11. The van der Waals surface area contributed by atoms with Crippen LogP contribution in [0, 0.1) is 13.8 Å². The first-order chi connectivity index (χ1) is 7.16. The first-order valence-electron chi connectivity index (χ1n) is 5.92. The lowest BCUT2D eigenvalue weighted by Crippen LogP contribution is -2.18. The maximum absolute atomic E-state index is 9.66. The zero-order valence-corrected chi connectivity index (χ0v) is 9.66. The van der Waals surface area contributed by atoms with Gasteiger partial charge in [0.05, 0.1) is 6.10 Å². The first kappa shape index (κ1) is 10.7. The molecule has 1 fully saturated rings. The molecule has 1 saturated carbocycles. The molecule has 1 N–H and O–H groups in total. The molecule has 0 aromatic heterocycles. The third-order valence-electron chi connectivity index (χ3n) is 3.65. The van der Waals surface area contributed by atoms with Crippen LogP contribution in [-0.2, 0) is 0 Å². The number of benzene rings is 1. The summed E-state index contributed by atoms with van der Waals surface area (Å²) in [5.74, 6) is 0.577. The van der Waals surface area contributed by atoms with Crippen LogP contribution >= 0.6 is 0 Å². The van der Waals surface area contributed by atoms with Gasteiger partial charge in [0.1, 0.15) is 0 Å². The van der Waals surface area contributed by atoms with E-state index in [2.05, 4.69) is 32.0 Å². The summed E-state index contributed by atoms with van der Waals surface area (Å²) in [6, 6.07) is 6.72. The maximum atomic E-state index is 9.66. The molecule has 1 aromatic rings. The van der Waals surface area contributed by atoms with Gasteiger partial charge in [0.25, 0.3) is 0 Å². The van der Waals surface area contributed by atoms with Crippen molar-refractivity contribution in [3.8, 4) is 0 Å². The standard InChI is InChI=1S/C14H20O/c1-10-6-7-13(8-11(10)2)12-4-3-5-14(15)9-12/h6-8,12,14-15H,3-5,9H2,1-2H3. The Labute approximate surface area is 92.1 Å². The predicted molar refractivity (Wildman–Crippen MR) is 63.1 cm³/mol. The number of aryl methyl sites for hydroxylation is 2. The summed E-state index contributed by atoms with van der Waals surface area (Å²) in [5, 5.41) is 9.66. The van der Waals surface area contributed by atoms with Gasteiger partial charge in [0.2, 0.25) is 0 Å². The van der Waals surface area contributed by atoms with E-state index in [0.29, 0.717) is 5.92 Å². The summed E-state index contributed by atoms with van der Waals surface area (Å²) in [5.41, 5.74) is 4.14. The Morgan fingerprint density at radius 1 is 1.13 bits per heavy atom. The van der Waals surface area contributed by atoms with Gasteiger partial charge in [-0.2, -0.15) is 0 Å². The molecule has 1 heteroatoms. The quantitative estimate of drug-likeness (QED) is 0.744. The molecule has 0 heterocycles. The van der Waals surface area contributed by atoms with Crippen molar-refractivity contribution in [1.82, 2.24) is 0 Å². The third kappa shape index (κ3) is 2.40. The van der Waals surface area contributed by atoms with Crippen LogP contribution in [0.5, 0.6) is 0 Å². The van der Waals surface area contributed by atoms with Gasteiger partial charge >= 0.3 is 0 Å². The van der Waals surface area contributed by atoms with Crippen molar-refractivity contribution in [3.63, 3.8) is 0 Å². The van der Waals surface area contributed by atoms with E-state index < -0.39 is 0 Å². The largest absolute Gasteiger partial charge is 0.393 e. The average Bonchev–Trinajstić information content (AvgIpc) is 2.22. The molecular weight excluding hydrogens is 184 g/mol. The topological polar surface area (TPSA) is 20.2 Å². The molecule has 0 radical (unpaired) electrons. The maximum Gasteiger partial charge on any atom is 0.0546 e. The minimum Gasteiger partial charge on any atom is -0.393 e. The van der Waals surface area contributed by atoms with Crippen LogP contribution in [0.1, 0.15) is 48.3 Å². The molecule has 0 bridgehead atoms. The molecule has 82 valence electrons. The fraction of sp³-hybridized carbons (Fsp3) is 0.571. The van der Waals surface area contributed by atoms with Crippen LogP contribution in [0.2, 0.25) is 0 Å². The molecule has 0 aliphatic heterocycles. The van der Waals surface area contributed by atoms with Crippen LogP contribution < -0.4 is 0 Å². The highest BCUT2D eigenvalue weighted by Crippen LogP contribution is 2.33. The van der Waals surface area contributed by atoms with Crippen molar-refractivity contribution in [2.75, 3.05) is 0 Å². The molecule has 2 rings (SSSR count). The molecule has 1 aliphatic carbocycles. The summed E-state index contributed by atoms with van der Waals surface area (Å²) in [7, 11) is 0. The van der Waals surface area contributed by atoms with Gasteiger partial charge in [-0.15, -0.1) is 0 Å². The Balaban J connectivity index is 2.18. The lowest BCUT2D eigenvalue weighted by molar-refractivity contribution is 0.119. The van der Waals surface area contributed by atoms with Crippen molar-refractivity contribution in [3.05, 3.63) is 34.9 Å². The number of hydrogen-bond acceptors (Lipinski definition) is 1. The van der Waals surface area contributed by atoms with E-state index in [9.17, 15) is 5.11 Å². The molecule has 2 unspecified atom stereocenters. The van der Waals surface area contributed by atoms with Crippen molar-refractivity contribution in [2.45, 2.75) is 51.6 Å². The molecule has 1 nitrogen and oxygen atoms in total. The zero-order chi connectivity index (χ0) is 10.8. The summed E-state index contributed by atoms with van der Waals surface area (Å²) in [4.78, 5) is 0. The van der Waals surface area contributed by atoms with Crippen LogP contribution in [0.25, 0.3) is 0 Å². The highest BCUT2D eigenvalue weighted by Gasteiger charge is 2.21. The lowest BCUT2D eigenvalue weighted by atomic mass is 9.82. The minimum atomic E-state index is -0.0784. The molecule has 0 amide bonds. The Morgan fingerprint density at radius 3 is 2.60 bits per heavy atom. The van der Waals surface area contributed by atoms with Gasteiger partial charge in [-0.1, -0.05) is 24.6 Å². The fourth-order valence-electron chi connectivity index (χ4n) is 2.49. The smallest absolute Gasteiger partial charge is 0.0546 e. The monoisotopic (exact) mass is 204 g/mol. The Hall–Kier alpha value is -0.820. The number of rotatable bonds is 1. The van der Waals surface area contributed by atoms with Gasteiger partial charge < -0.3 is 5.11 Å². The Morgan fingerprint density at radius 2 is 1.93 bits per heavy atom. The second-order valence-electron chi connectivity index (χ2n) is 4.86. The van der Waals surface area contributed by atoms with Gasteiger partial charge in [0, 0.05) is 0 Å². The highest BCUT2D eigenvalue weighted by molar-refractivity contribution is 5.32. The molecule has 1 aromatic carbocycles. The summed E-state index contributed by atoms with van der Waals surface area (Å²) >= 11 is 0. The molecule has 0 spiro atoms. The van der Waals surface area contributed by atoms with Crippen LogP contribution in [0.15, 0.2) is 18.2 Å². The van der Waals surface area contributed by atoms with Crippen molar-refractivity contribution < 1.29 is 5.11 Å². The number of hydrogen-bond donors (Lipinski definition) is 1. The van der Waals surface area contributed by atoms with E-state index in [1.807, 2.05) is 0 Å². The highest BCUT2D eigenvalue weighted by atomic mass is 16.3. The van der Waals surface area contributed by atoms with Crippen LogP contribution in [0.3, 0.4) is 0 Å². The molecule has 1 aliphatic rings. The Bertz CT molecular complexity index is 343. The van der Waals surface area contributed by atoms with Crippen molar-refractivity contribution >= 4 is 0 Å². The minimum absolute atomic E-state index is 0.0784. The number of aliphatic hydroxyl groups excluding tert-OH is 1. The van der Waals surface area contributed by atoms with Crippen molar-refractivity contribution in [2.24, 2.45) is 0 Å². The normalized spacial score (nSPS) is 26.6. The van der Waals surface area contributed by atoms with Gasteiger partial charge in [-0.25, -0.2) is 0 Å². The van der Waals surface area contributed by atoms with Crippen LogP contribution in [-0.4, -0.2) is 11.2 Å². The molecule has 15 heavy (non-hydrogen) atoms. The predicted octanol–water partition coefficient (Wildman–Crippen LogP) is 3.32. The second-order valence-corrected chi connectivity index (χ2v) is 4.86. The van der Waals surface area contributed by atoms with E-state index in [1.54, 1.807) is 0 Å². The molecule has 0 saturated heterocycles. The average molecular weight is 204 g/mol. The summed E-state index contributed by atoms with van der Waals surface area (Å²) in [6.45, 7) is 4.31. The van der Waals surface area contributed by atoms with E-state index in [-0.39, 0.29) is 6.10 Å². The zero-order valence-electron chi connectivity index (χ0n) is 9.66. The lowest BCUT2D eigenvalue weighted by Gasteiger charge is -2.26. The second kappa shape index (κ2) is 4.36. The molecular formula is C14H20O.